The van der Waals surface area contributed by atoms with Crippen LogP contribution in [-0.4, -0.2) is 41.1 Å². The van der Waals surface area contributed by atoms with Crippen molar-refractivity contribution in [2.75, 3.05) is 13.1 Å². The summed E-state index contributed by atoms with van der Waals surface area (Å²) in [6.45, 7) is 3.12. The maximum atomic E-state index is 13.3. The standard InChI is InChI=1S/C21H20N2O3/c1-14-7-6-8-15(13-14)20(26)22-21(23-11-4-5-12-23)18(24)16-9-2-3-10-17(16)19(21)25/h2-3,6-10,13H,4-5,11-12H2,1H3,(H,22,26). The summed E-state index contributed by atoms with van der Waals surface area (Å²) in [6, 6.07) is 13.9. The van der Waals surface area contributed by atoms with Crippen LogP contribution in [0.3, 0.4) is 0 Å². The molecular weight excluding hydrogens is 328 g/mol. The number of rotatable bonds is 3. The first kappa shape index (κ1) is 16.7. The van der Waals surface area contributed by atoms with Crippen molar-refractivity contribution >= 4 is 17.5 Å². The molecule has 26 heavy (non-hydrogen) atoms. The Bertz CT molecular complexity index is 878. The zero-order valence-corrected chi connectivity index (χ0v) is 14.6. The third-order valence-corrected chi connectivity index (χ3v) is 5.23. The van der Waals surface area contributed by atoms with Gasteiger partial charge in [-0.2, -0.15) is 0 Å². The Hall–Kier alpha value is -2.79. The number of ketones is 2. The molecule has 2 aromatic carbocycles. The average molecular weight is 348 g/mol. The van der Waals surface area contributed by atoms with Crippen LogP contribution in [-0.2, 0) is 0 Å². The smallest absolute Gasteiger partial charge is 0.253 e. The number of benzene rings is 2. The van der Waals surface area contributed by atoms with Gasteiger partial charge in [0.1, 0.15) is 0 Å². The van der Waals surface area contributed by atoms with Gasteiger partial charge in [-0.1, -0.05) is 42.0 Å². The Morgan fingerprint density at radius 1 is 0.962 bits per heavy atom. The van der Waals surface area contributed by atoms with Crippen molar-refractivity contribution in [3.05, 3.63) is 70.8 Å². The number of carbonyl (C=O) groups is 3. The van der Waals surface area contributed by atoms with E-state index >= 15 is 0 Å². The third-order valence-electron chi connectivity index (χ3n) is 5.23. The van der Waals surface area contributed by atoms with Gasteiger partial charge in [-0.05, 0) is 31.9 Å². The fourth-order valence-corrected chi connectivity index (χ4v) is 3.93. The van der Waals surface area contributed by atoms with E-state index in [1.807, 2.05) is 17.9 Å². The number of amides is 1. The summed E-state index contributed by atoms with van der Waals surface area (Å²) in [5.41, 5.74) is 0.532. The van der Waals surface area contributed by atoms with Crippen molar-refractivity contribution in [2.45, 2.75) is 25.4 Å². The molecule has 5 nitrogen and oxygen atoms in total. The molecule has 2 aromatic rings. The van der Waals surface area contributed by atoms with E-state index in [9.17, 15) is 14.4 Å². The number of likely N-dealkylation sites (tertiary alicyclic amines) is 1. The normalized spacial score (nSPS) is 18.8. The Morgan fingerprint density at radius 3 is 2.15 bits per heavy atom. The first-order chi connectivity index (χ1) is 12.5. The molecule has 2 aliphatic rings. The quantitative estimate of drug-likeness (QED) is 0.866. The van der Waals surface area contributed by atoms with E-state index in [0.717, 1.165) is 18.4 Å². The van der Waals surface area contributed by atoms with Crippen molar-refractivity contribution in [1.82, 2.24) is 10.2 Å². The first-order valence-corrected chi connectivity index (χ1v) is 8.87. The van der Waals surface area contributed by atoms with E-state index < -0.39 is 11.6 Å². The minimum Gasteiger partial charge on any atom is -0.320 e. The summed E-state index contributed by atoms with van der Waals surface area (Å²) in [6.07, 6.45) is 1.80. The van der Waals surface area contributed by atoms with E-state index in [2.05, 4.69) is 5.32 Å². The molecule has 1 aliphatic carbocycles. The number of Topliss-reactive ketones (excluding diaryl/α,β-unsaturated/α-hetero) is 2. The van der Waals surface area contributed by atoms with Crippen molar-refractivity contribution in [3.63, 3.8) is 0 Å². The van der Waals surface area contributed by atoms with Crippen LogP contribution in [0, 0.1) is 6.92 Å². The zero-order chi connectivity index (χ0) is 18.3. The predicted molar refractivity (Wildman–Crippen MR) is 97.3 cm³/mol. The molecule has 132 valence electrons. The van der Waals surface area contributed by atoms with Crippen LogP contribution in [0.2, 0.25) is 0 Å². The van der Waals surface area contributed by atoms with Crippen LogP contribution in [0.25, 0.3) is 0 Å². The minimum atomic E-state index is -1.62. The molecule has 1 fully saturated rings. The van der Waals surface area contributed by atoms with Crippen molar-refractivity contribution in [2.24, 2.45) is 0 Å². The van der Waals surface area contributed by atoms with E-state index in [1.54, 1.807) is 42.5 Å². The van der Waals surface area contributed by atoms with Crippen LogP contribution in [0.1, 0.15) is 49.5 Å². The molecule has 1 N–H and O–H groups in total. The van der Waals surface area contributed by atoms with Gasteiger partial charge < -0.3 is 5.32 Å². The van der Waals surface area contributed by atoms with Crippen molar-refractivity contribution < 1.29 is 14.4 Å². The molecule has 0 radical (unpaired) electrons. The SMILES string of the molecule is Cc1cccc(C(=O)NC2(N3CCCC3)C(=O)c3ccccc3C2=O)c1. The van der Waals surface area contributed by atoms with Crippen LogP contribution < -0.4 is 5.32 Å². The highest BCUT2D eigenvalue weighted by Gasteiger charge is 2.58. The minimum absolute atomic E-state index is 0.332. The molecule has 5 heteroatoms. The van der Waals surface area contributed by atoms with Crippen molar-refractivity contribution in [1.29, 1.82) is 0 Å². The third kappa shape index (κ3) is 2.39. The highest BCUT2D eigenvalue weighted by atomic mass is 16.2. The van der Waals surface area contributed by atoms with Gasteiger partial charge in [-0.25, -0.2) is 0 Å². The van der Waals surface area contributed by atoms with Gasteiger partial charge in [0.15, 0.2) is 0 Å². The topological polar surface area (TPSA) is 66.5 Å². The average Bonchev–Trinajstić information content (AvgIpc) is 3.25. The fourth-order valence-electron chi connectivity index (χ4n) is 3.93. The molecule has 0 bridgehead atoms. The van der Waals surface area contributed by atoms with Crippen LogP contribution >= 0.6 is 0 Å². The Labute approximate surface area is 152 Å². The lowest BCUT2D eigenvalue weighted by Crippen LogP contribution is -2.66. The fraction of sp³-hybridized carbons (Fsp3) is 0.286. The summed E-state index contributed by atoms with van der Waals surface area (Å²) in [4.78, 5) is 41.3. The van der Waals surface area contributed by atoms with Gasteiger partial charge in [0.05, 0.1) is 0 Å². The lowest BCUT2D eigenvalue weighted by atomic mass is 10.0. The number of nitrogens with zero attached hydrogens (tertiary/aromatic N) is 1. The van der Waals surface area contributed by atoms with E-state index in [4.69, 9.17) is 0 Å². The maximum absolute atomic E-state index is 13.3. The lowest BCUT2D eigenvalue weighted by molar-refractivity contribution is 0.0420. The van der Waals surface area contributed by atoms with Gasteiger partial charge in [0, 0.05) is 29.8 Å². The Kier molecular flexibility index (Phi) is 3.96. The monoisotopic (exact) mass is 348 g/mol. The zero-order valence-electron chi connectivity index (χ0n) is 14.6. The summed E-state index contributed by atoms with van der Waals surface area (Å²) in [5, 5.41) is 2.81. The van der Waals surface area contributed by atoms with Crippen LogP contribution in [0.15, 0.2) is 48.5 Å². The molecule has 0 unspecified atom stereocenters. The molecule has 1 saturated heterocycles. The van der Waals surface area contributed by atoms with E-state index in [-0.39, 0.29) is 11.6 Å². The van der Waals surface area contributed by atoms with Gasteiger partial charge in [-0.15, -0.1) is 0 Å². The lowest BCUT2D eigenvalue weighted by Gasteiger charge is -2.36. The number of carbonyl (C=O) groups excluding carboxylic acids is 3. The Balaban J connectivity index is 1.78. The number of aryl methyl sites for hydroxylation is 1. The molecule has 0 spiro atoms. The molecule has 1 aliphatic heterocycles. The van der Waals surface area contributed by atoms with Crippen LogP contribution in [0.4, 0.5) is 0 Å². The summed E-state index contributed by atoms with van der Waals surface area (Å²) >= 11 is 0. The van der Waals surface area contributed by atoms with Gasteiger partial charge >= 0.3 is 0 Å². The molecular formula is C21H20N2O3. The second-order valence-corrected chi connectivity index (χ2v) is 6.93. The molecule has 0 atom stereocenters. The molecule has 1 amide bonds. The number of nitrogens with one attached hydrogen (secondary N) is 1. The second-order valence-electron chi connectivity index (χ2n) is 6.93. The molecule has 4 rings (SSSR count). The van der Waals surface area contributed by atoms with Crippen molar-refractivity contribution in [3.8, 4) is 0 Å². The summed E-state index contributed by atoms with van der Waals surface area (Å²) in [5.74, 6) is -1.07. The van der Waals surface area contributed by atoms with Gasteiger partial charge in [-0.3, -0.25) is 19.3 Å². The highest BCUT2D eigenvalue weighted by molar-refractivity contribution is 6.33. The summed E-state index contributed by atoms with van der Waals surface area (Å²) < 4.78 is 0. The van der Waals surface area contributed by atoms with Gasteiger partial charge in [0.2, 0.25) is 17.2 Å². The number of hydrogen-bond donors (Lipinski definition) is 1. The van der Waals surface area contributed by atoms with E-state index in [0.29, 0.717) is 29.8 Å². The Morgan fingerprint density at radius 2 is 1.58 bits per heavy atom. The van der Waals surface area contributed by atoms with E-state index in [1.165, 1.54) is 0 Å². The molecule has 1 heterocycles. The number of fused-ring (bicyclic) bond motifs is 1. The number of hydrogen-bond acceptors (Lipinski definition) is 4. The maximum Gasteiger partial charge on any atom is 0.253 e. The predicted octanol–water partition coefficient (Wildman–Crippen LogP) is 2.60. The molecule has 0 saturated carbocycles. The van der Waals surface area contributed by atoms with Crippen LogP contribution in [0.5, 0.6) is 0 Å². The second kappa shape index (κ2) is 6.18. The summed E-state index contributed by atoms with van der Waals surface area (Å²) in [7, 11) is 0. The molecule has 0 aromatic heterocycles. The first-order valence-electron chi connectivity index (χ1n) is 8.87. The largest absolute Gasteiger partial charge is 0.320 e. The van der Waals surface area contributed by atoms with Gasteiger partial charge in [0.25, 0.3) is 5.91 Å². The highest BCUT2D eigenvalue weighted by Crippen LogP contribution is 2.35.